The molecule has 10 heteroatoms. The number of halogens is 2. The van der Waals surface area contributed by atoms with Gasteiger partial charge in [-0.2, -0.15) is 0 Å². The van der Waals surface area contributed by atoms with Crippen LogP contribution in [0.5, 0.6) is 11.6 Å². The Balaban J connectivity index is 1.42. The van der Waals surface area contributed by atoms with E-state index in [1.54, 1.807) is 14.2 Å². The van der Waals surface area contributed by atoms with Crippen LogP contribution in [0.15, 0.2) is 66.8 Å². The molecule has 4 atom stereocenters. The molecule has 3 N–H and O–H groups in total. The van der Waals surface area contributed by atoms with E-state index in [0.717, 1.165) is 58.7 Å². The molecule has 3 unspecified atom stereocenters. The summed E-state index contributed by atoms with van der Waals surface area (Å²) < 4.78 is 11.9. The van der Waals surface area contributed by atoms with Gasteiger partial charge in [0.1, 0.15) is 5.75 Å². The van der Waals surface area contributed by atoms with Crippen LogP contribution < -0.4 is 20.1 Å². The Morgan fingerprint density at radius 3 is 2.72 bits per heavy atom. The van der Waals surface area contributed by atoms with Crippen molar-refractivity contribution in [1.82, 2.24) is 20.5 Å². The number of aromatic nitrogens is 1. The van der Waals surface area contributed by atoms with Gasteiger partial charge < -0.3 is 25.2 Å². The zero-order chi connectivity index (χ0) is 33.1. The Morgan fingerprint density at radius 1 is 1.17 bits per heavy atom. The first-order chi connectivity index (χ1) is 22.7. The molecule has 0 bridgehead atoms. The van der Waals surface area contributed by atoms with Gasteiger partial charge in [0, 0.05) is 61.3 Å². The number of carbonyl (C=O) groups excluding carboxylic acids is 1. The van der Waals surface area contributed by atoms with Crippen molar-refractivity contribution in [3.8, 4) is 11.6 Å². The van der Waals surface area contributed by atoms with Gasteiger partial charge in [0.2, 0.25) is 11.8 Å². The molecule has 1 aliphatic carbocycles. The number of aliphatic hydroxyl groups excluding tert-OH is 1. The van der Waals surface area contributed by atoms with E-state index in [0.29, 0.717) is 43.5 Å². The van der Waals surface area contributed by atoms with Crippen molar-refractivity contribution < 1.29 is 19.4 Å². The summed E-state index contributed by atoms with van der Waals surface area (Å²) in [7, 11) is 3.33. The molecule has 2 aliphatic heterocycles. The number of methoxy groups -OCH3 is 2. The van der Waals surface area contributed by atoms with E-state index in [9.17, 15) is 9.90 Å². The predicted octanol–water partition coefficient (Wildman–Crippen LogP) is 5.41. The number of alkyl halides is 1. The zero-order valence-electron chi connectivity index (χ0n) is 27.1. The maximum Gasteiger partial charge on any atom is 0.220 e. The lowest BCUT2D eigenvalue weighted by Gasteiger charge is -2.40. The van der Waals surface area contributed by atoms with Gasteiger partial charge in [-0.3, -0.25) is 9.69 Å². The summed E-state index contributed by atoms with van der Waals surface area (Å²) in [5.41, 5.74) is 5.79. The number of fused-ring (bicyclic) bond motifs is 1. The number of amides is 1. The molecule has 1 saturated heterocycles. The summed E-state index contributed by atoms with van der Waals surface area (Å²) in [6.07, 6.45) is 7.99. The van der Waals surface area contributed by atoms with Crippen LogP contribution in [-0.2, 0) is 29.7 Å². The summed E-state index contributed by atoms with van der Waals surface area (Å²) in [5.74, 6) is 1.39. The average molecular weight is 678 g/mol. The number of rotatable bonds is 11. The van der Waals surface area contributed by atoms with Crippen molar-refractivity contribution in [2.75, 3.05) is 33.9 Å². The van der Waals surface area contributed by atoms with Gasteiger partial charge in [0.05, 0.1) is 36.8 Å². The van der Waals surface area contributed by atoms with E-state index in [4.69, 9.17) is 37.7 Å². The quantitative estimate of drug-likeness (QED) is 0.234. The number of β-amino-alcohol motifs (C(OH)–C–C–N with tert-alkyl or cyclic N) is 1. The summed E-state index contributed by atoms with van der Waals surface area (Å²) in [4.78, 5) is 19.0. The second-order valence-corrected chi connectivity index (χ2v) is 13.5. The molecule has 3 aliphatic rings. The Bertz CT molecular complexity index is 1680. The highest BCUT2D eigenvalue weighted by Crippen LogP contribution is 2.50. The first-order valence-corrected chi connectivity index (χ1v) is 17.0. The standard InChI is InChI=1S/C37H42Cl2N4O4/c1-23(44)21-43-16-14-24-17-26(18-32(46-2)30(24)22-43)37(15-6-8-29(35(37)39)28-7-4-5-9-31(28)38)33-12-10-25(36(42-33)47-3)19-40-20-27-11-13-34(45)41-27/h4-10,12,15,17-18,23,27,35,40,44H,11,13-14,16,19-22H2,1-3H3,(H,41,45)/t23?,27-,35?,37?/m1/s1. The molecule has 248 valence electrons. The molecule has 1 fully saturated rings. The summed E-state index contributed by atoms with van der Waals surface area (Å²) >= 11 is 14.4. The molecule has 2 aromatic carbocycles. The van der Waals surface area contributed by atoms with Gasteiger partial charge in [0.25, 0.3) is 0 Å². The predicted molar refractivity (Wildman–Crippen MR) is 186 cm³/mol. The molecule has 6 rings (SSSR count). The summed E-state index contributed by atoms with van der Waals surface area (Å²) in [5, 5.41) is 16.6. The third kappa shape index (κ3) is 6.80. The monoisotopic (exact) mass is 676 g/mol. The fourth-order valence-corrected chi connectivity index (χ4v) is 7.85. The fraction of sp³-hybridized carbons (Fsp3) is 0.405. The molecule has 0 saturated carbocycles. The molecule has 47 heavy (non-hydrogen) atoms. The number of aliphatic hydroxyl groups is 1. The molecule has 8 nitrogen and oxygen atoms in total. The number of hydrogen-bond acceptors (Lipinski definition) is 7. The highest BCUT2D eigenvalue weighted by molar-refractivity contribution is 6.34. The normalized spacial score (nSPS) is 23.2. The third-order valence-corrected chi connectivity index (χ3v) is 10.3. The first kappa shape index (κ1) is 33.5. The van der Waals surface area contributed by atoms with Crippen molar-refractivity contribution in [3.05, 3.63) is 105 Å². The maximum absolute atomic E-state index is 11.6. The molecule has 3 aromatic rings. The Hall–Kier alpha value is -3.40. The van der Waals surface area contributed by atoms with Crippen LogP contribution in [0, 0.1) is 0 Å². The average Bonchev–Trinajstić information content (AvgIpc) is 3.49. The van der Waals surface area contributed by atoms with Crippen LogP contribution in [0.2, 0.25) is 5.02 Å². The summed E-state index contributed by atoms with van der Waals surface area (Å²) in [6, 6.07) is 16.3. The van der Waals surface area contributed by atoms with E-state index in [-0.39, 0.29) is 11.9 Å². The van der Waals surface area contributed by atoms with E-state index >= 15 is 0 Å². The van der Waals surface area contributed by atoms with Crippen LogP contribution in [0.3, 0.4) is 0 Å². The van der Waals surface area contributed by atoms with Crippen LogP contribution >= 0.6 is 23.2 Å². The number of ether oxygens (including phenoxy) is 2. The van der Waals surface area contributed by atoms with Gasteiger partial charge in [0.15, 0.2) is 0 Å². The number of pyridine rings is 1. The lowest BCUT2D eigenvalue weighted by Crippen LogP contribution is -2.40. The van der Waals surface area contributed by atoms with Crippen molar-refractivity contribution in [2.24, 2.45) is 0 Å². The lowest BCUT2D eigenvalue weighted by molar-refractivity contribution is -0.119. The summed E-state index contributed by atoms with van der Waals surface area (Å²) in [6.45, 7) is 5.16. The van der Waals surface area contributed by atoms with E-state index in [2.05, 4.69) is 33.7 Å². The SMILES string of the molecule is COc1cc(C2(c3ccc(CNC[C@H]4CCC(=O)N4)c(OC)n3)C=CC=C(c3ccccc3Cl)C2Cl)cc2c1CN(CC(C)O)CC2. The highest BCUT2D eigenvalue weighted by Gasteiger charge is 2.45. The van der Waals surface area contributed by atoms with Crippen LogP contribution in [0.1, 0.15) is 53.3 Å². The van der Waals surface area contributed by atoms with Crippen molar-refractivity contribution in [1.29, 1.82) is 0 Å². The van der Waals surface area contributed by atoms with Gasteiger partial charge >= 0.3 is 0 Å². The zero-order valence-corrected chi connectivity index (χ0v) is 28.6. The Kier molecular flexibility index (Phi) is 10.2. The van der Waals surface area contributed by atoms with Gasteiger partial charge in [-0.1, -0.05) is 60.2 Å². The maximum atomic E-state index is 11.6. The van der Waals surface area contributed by atoms with E-state index in [1.807, 2.05) is 55.5 Å². The van der Waals surface area contributed by atoms with Crippen molar-refractivity contribution in [3.63, 3.8) is 0 Å². The number of hydrogen-bond donors (Lipinski definition) is 3. The molecular weight excluding hydrogens is 635 g/mol. The van der Waals surface area contributed by atoms with Crippen molar-refractivity contribution >= 4 is 34.7 Å². The van der Waals surface area contributed by atoms with Gasteiger partial charge in [-0.25, -0.2) is 4.98 Å². The molecular formula is C37H42Cl2N4O4. The minimum absolute atomic E-state index is 0.1000. The second kappa shape index (κ2) is 14.4. The van der Waals surface area contributed by atoms with E-state index in [1.165, 1.54) is 5.56 Å². The largest absolute Gasteiger partial charge is 0.496 e. The highest BCUT2D eigenvalue weighted by atomic mass is 35.5. The topological polar surface area (TPSA) is 96.0 Å². The Morgan fingerprint density at radius 2 is 2.00 bits per heavy atom. The van der Waals surface area contributed by atoms with Gasteiger partial charge in [-0.05, 0) is 60.2 Å². The first-order valence-electron chi connectivity index (χ1n) is 16.2. The Labute approximate surface area is 286 Å². The molecule has 1 aromatic heterocycles. The smallest absolute Gasteiger partial charge is 0.220 e. The van der Waals surface area contributed by atoms with Crippen LogP contribution in [-0.4, -0.2) is 72.3 Å². The lowest BCUT2D eigenvalue weighted by atomic mass is 9.68. The fourth-order valence-electron chi connectivity index (χ4n) is 7.10. The second-order valence-electron chi connectivity index (χ2n) is 12.6. The number of nitrogens with one attached hydrogen (secondary N) is 2. The van der Waals surface area contributed by atoms with Crippen molar-refractivity contribution in [2.45, 2.75) is 62.2 Å². The number of allylic oxidation sites excluding steroid dienone is 4. The minimum Gasteiger partial charge on any atom is -0.496 e. The molecule has 0 radical (unpaired) electrons. The van der Waals surface area contributed by atoms with Gasteiger partial charge in [-0.15, -0.1) is 11.6 Å². The van der Waals surface area contributed by atoms with E-state index < -0.39 is 16.9 Å². The number of nitrogens with zero attached hydrogens (tertiary/aromatic N) is 2. The molecule has 0 spiro atoms. The molecule has 1 amide bonds. The van der Waals surface area contributed by atoms with Crippen LogP contribution in [0.4, 0.5) is 0 Å². The minimum atomic E-state index is -0.892. The van der Waals surface area contributed by atoms with Crippen LogP contribution in [0.25, 0.3) is 5.57 Å². The number of carbonyl (C=O) groups is 1. The number of benzene rings is 2. The molecule has 3 heterocycles. The third-order valence-electron chi connectivity index (χ3n) is 9.44.